The molecule has 3 rings (SSSR count). The van der Waals surface area contributed by atoms with Crippen molar-refractivity contribution in [2.24, 2.45) is 0 Å². The number of aryl methyl sites for hydroxylation is 1. The molecule has 2 heterocycles. The van der Waals surface area contributed by atoms with Gasteiger partial charge in [0.05, 0.1) is 12.1 Å². The van der Waals surface area contributed by atoms with Crippen molar-refractivity contribution in [3.8, 4) is 0 Å². The second-order valence-electron chi connectivity index (χ2n) is 5.03. The molecule has 0 saturated heterocycles. The molecular formula is C16H17N3OS. The van der Waals surface area contributed by atoms with E-state index < -0.39 is 0 Å². The zero-order valence-corrected chi connectivity index (χ0v) is 13.1. The van der Waals surface area contributed by atoms with Gasteiger partial charge in [0.1, 0.15) is 5.82 Å². The highest BCUT2D eigenvalue weighted by Crippen LogP contribution is 2.22. The first-order chi connectivity index (χ1) is 10.1. The van der Waals surface area contributed by atoms with Crippen molar-refractivity contribution in [2.75, 3.05) is 12.4 Å². The molecule has 0 bridgehead atoms. The van der Waals surface area contributed by atoms with Crippen molar-refractivity contribution >= 4 is 28.1 Å². The summed E-state index contributed by atoms with van der Waals surface area (Å²) in [5.41, 5.74) is 3.01. The van der Waals surface area contributed by atoms with Crippen LogP contribution in [-0.4, -0.2) is 16.6 Å². The first kappa shape index (κ1) is 13.8. The minimum atomic E-state index is 0.0835. The average Bonchev–Trinajstić information content (AvgIpc) is 2.73. The van der Waals surface area contributed by atoms with Crippen LogP contribution in [0.3, 0.4) is 0 Å². The van der Waals surface area contributed by atoms with E-state index in [2.05, 4.69) is 16.4 Å². The molecule has 0 aliphatic rings. The van der Waals surface area contributed by atoms with Crippen molar-refractivity contribution in [3.63, 3.8) is 0 Å². The molecule has 5 heteroatoms. The highest BCUT2D eigenvalue weighted by molar-refractivity contribution is 7.09. The fraction of sp³-hybridized carbons (Fsp3) is 0.250. The topological polar surface area (TPSA) is 46.9 Å². The predicted octanol–water partition coefficient (Wildman–Crippen LogP) is 3.16. The summed E-state index contributed by atoms with van der Waals surface area (Å²) in [6.45, 7) is 4.51. The number of thiazole rings is 1. The number of aromatic nitrogens is 2. The molecule has 1 aromatic carbocycles. The molecule has 0 aliphatic heterocycles. The van der Waals surface area contributed by atoms with Gasteiger partial charge in [0.2, 0.25) is 0 Å². The van der Waals surface area contributed by atoms with Crippen LogP contribution < -0.4 is 10.2 Å². The minimum absolute atomic E-state index is 0.0835. The van der Waals surface area contributed by atoms with Gasteiger partial charge in [-0.3, -0.25) is 9.36 Å². The molecule has 0 atom stereocenters. The van der Waals surface area contributed by atoms with E-state index in [-0.39, 0.29) is 4.87 Å². The maximum atomic E-state index is 12.1. The zero-order valence-electron chi connectivity index (χ0n) is 12.3. The van der Waals surface area contributed by atoms with Gasteiger partial charge in [-0.05, 0) is 26.0 Å². The maximum Gasteiger partial charge on any atom is 0.307 e. The Hall–Kier alpha value is -2.14. The third kappa shape index (κ3) is 2.45. The number of hydrogen-bond acceptors (Lipinski definition) is 4. The lowest BCUT2D eigenvalue weighted by molar-refractivity contribution is 0.751. The molecule has 0 saturated carbocycles. The van der Waals surface area contributed by atoms with Crippen LogP contribution in [0.1, 0.15) is 16.1 Å². The van der Waals surface area contributed by atoms with Gasteiger partial charge in [-0.15, -0.1) is 0 Å². The number of nitrogens with zero attached hydrogens (tertiary/aromatic N) is 2. The molecule has 0 unspecified atom stereocenters. The van der Waals surface area contributed by atoms with Gasteiger partial charge < -0.3 is 5.32 Å². The number of nitrogens with one attached hydrogen (secondary N) is 1. The van der Waals surface area contributed by atoms with E-state index >= 15 is 0 Å². The highest BCUT2D eigenvalue weighted by Gasteiger charge is 2.11. The summed E-state index contributed by atoms with van der Waals surface area (Å²) in [6.07, 6.45) is 0. The molecule has 0 amide bonds. The normalized spacial score (nSPS) is 11.0. The number of anilines is 1. The van der Waals surface area contributed by atoms with Crippen LogP contribution in [0.15, 0.2) is 35.1 Å². The molecule has 0 fully saturated rings. The number of fused-ring (bicyclic) bond motifs is 1. The second-order valence-corrected chi connectivity index (χ2v) is 6.20. The van der Waals surface area contributed by atoms with Gasteiger partial charge >= 0.3 is 4.87 Å². The summed E-state index contributed by atoms with van der Waals surface area (Å²) < 4.78 is 1.81. The van der Waals surface area contributed by atoms with Crippen LogP contribution in [0.2, 0.25) is 0 Å². The number of hydrogen-bond donors (Lipinski definition) is 1. The Morgan fingerprint density at radius 1 is 1.29 bits per heavy atom. The minimum Gasteiger partial charge on any atom is -0.373 e. The largest absolute Gasteiger partial charge is 0.373 e. The molecule has 0 radical (unpaired) electrons. The van der Waals surface area contributed by atoms with Crippen molar-refractivity contribution in [3.05, 3.63) is 56.1 Å². The molecule has 1 N–H and O–H groups in total. The standard InChI is InChI=1S/C16H17N3OS/c1-10-11(2)21-16(20)19(10)9-13-8-12-6-4-5-7-14(12)18-15(13)17-3/h4-8H,9H2,1-3H3,(H,17,18). The molecule has 3 aromatic rings. The molecule has 0 aliphatic carbocycles. The van der Waals surface area contributed by atoms with Crippen LogP contribution in [0.4, 0.5) is 5.82 Å². The van der Waals surface area contributed by atoms with Gasteiger partial charge in [0.25, 0.3) is 0 Å². The first-order valence-corrected chi connectivity index (χ1v) is 7.65. The molecular weight excluding hydrogens is 282 g/mol. The molecule has 108 valence electrons. The third-order valence-corrected chi connectivity index (χ3v) is 4.74. The monoisotopic (exact) mass is 299 g/mol. The Balaban J connectivity index is 2.13. The summed E-state index contributed by atoms with van der Waals surface area (Å²) in [6, 6.07) is 10.1. The van der Waals surface area contributed by atoms with E-state index in [9.17, 15) is 4.79 Å². The fourth-order valence-electron chi connectivity index (χ4n) is 2.44. The van der Waals surface area contributed by atoms with Gasteiger partial charge in [0.15, 0.2) is 0 Å². The van der Waals surface area contributed by atoms with Gasteiger partial charge in [-0.2, -0.15) is 0 Å². The molecule has 0 spiro atoms. The van der Waals surface area contributed by atoms with Crippen LogP contribution in [-0.2, 0) is 6.54 Å². The highest BCUT2D eigenvalue weighted by atomic mass is 32.1. The van der Waals surface area contributed by atoms with Crippen molar-refractivity contribution in [1.82, 2.24) is 9.55 Å². The number of benzene rings is 1. The first-order valence-electron chi connectivity index (χ1n) is 6.83. The van der Waals surface area contributed by atoms with E-state index in [1.807, 2.05) is 49.7 Å². The Morgan fingerprint density at radius 3 is 2.71 bits per heavy atom. The van der Waals surface area contributed by atoms with Crippen LogP contribution in [0.5, 0.6) is 0 Å². The van der Waals surface area contributed by atoms with Crippen molar-refractivity contribution in [2.45, 2.75) is 20.4 Å². The average molecular weight is 299 g/mol. The lowest BCUT2D eigenvalue weighted by Crippen LogP contribution is -2.16. The van der Waals surface area contributed by atoms with E-state index in [1.54, 1.807) is 0 Å². The number of rotatable bonds is 3. The SMILES string of the molecule is CNc1nc2ccccc2cc1Cn1c(C)c(C)sc1=O. The van der Waals surface area contributed by atoms with Crippen LogP contribution >= 0.6 is 11.3 Å². The van der Waals surface area contributed by atoms with Gasteiger partial charge in [-0.1, -0.05) is 29.5 Å². The second kappa shape index (κ2) is 5.33. The van der Waals surface area contributed by atoms with Crippen LogP contribution in [0.25, 0.3) is 10.9 Å². The summed E-state index contributed by atoms with van der Waals surface area (Å²) in [4.78, 5) is 17.9. The van der Waals surface area contributed by atoms with Crippen LogP contribution in [0, 0.1) is 13.8 Å². The smallest absolute Gasteiger partial charge is 0.307 e. The van der Waals surface area contributed by atoms with E-state index in [4.69, 9.17) is 0 Å². The van der Waals surface area contributed by atoms with E-state index in [0.717, 1.165) is 32.9 Å². The summed E-state index contributed by atoms with van der Waals surface area (Å²) in [5.74, 6) is 0.823. The lowest BCUT2D eigenvalue weighted by Gasteiger charge is -2.11. The number of pyridine rings is 1. The number of para-hydroxylation sites is 1. The maximum absolute atomic E-state index is 12.1. The Morgan fingerprint density at radius 2 is 2.05 bits per heavy atom. The molecule has 4 nitrogen and oxygen atoms in total. The Bertz CT molecular complexity index is 864. The van der Waals surface area contributed by atoms with Crippen molar-refractivity contribution < 1.29 is 0 Å². The molecule has 21 heavy (non-hydrogen) atoms. The summed E-state index contributed by atoms with van der Waals surface area (Å²) in [5, 5.41) is 4.22. The van der Waals surface area contributed by atoms with E-state index in [1.165, 1.54) is 11.3 Å². The Kier molecular flexibility index (Phi) is 3.51. The summed E-state index contributed by atoms with van der Waals surface area (Å²) >= 11 is 1.30. The van der Waals surface area contributed by atoms with Gasteiger partial charge in [0, 0.05) is 28.6 Å². The zero-order chi connectivity index (χ0) is 15.0. The molecule has 2 aromatic heterocycles. The lowest BCUT2D eigenvalue weighted by atomic mass is 10.1. The quantitative estimate of drug-likeness (QED) is 0.808. The van der Waals surface area contributed by atoms with Gasteiger partial charge in [-0.25, -0.2) is 4.98 Å². The predicted molar refractivity (Wildman–Crippen MR) is 88.4 cm³/mol. The third-order valence-electron chi connectivity index (χ3n) is 3.74. The fourth-order valence-corrected chi connectivity index (χ4v) is 3.27. The van der Waals surface area contributed by atoms with E-state index in [0.29, 0.717) is 6.54 Å². The Labute approximate surface area is 127 Å². The van der Waals surface area contributed by atoms with Crippen molar-refractivity contribution in [1.29, 1.82) is 0 Å². The summed E-state index contributed by atoms with van der Waals surface area (Å²) in [7, 11) is 1.86.